The molecule has 0 radical (unpaired) electrons. The van der Waals surface area contributed by atoms with E-state index in [0.717, 1.165) is 5.75 Å². The van der Waals surface area contributed by atoms with Crippen molar-refractivity contribution in [1.29, 1.82) is 0 Å². The van der Waals surface area contributed by atoms with Crippen molar-refractivity contribution in [2.24, 2.45) is 0 Å². The standard InChI is InChI=1S/C15H13N3O2S/c19-15(20)14-10-18(17-16-14)7-8-21-13-6-5-11-3-1-2-4-12(11)9-13/h1-6,9-10H,7-8H2,(H,19,20). The van der Waals surface area contributed by atoms with E-state index in [1.54, 1.807) is 16.4 Å². The highest BCUT2D eigenvalue weighted by Gasteiger charge is 2.07. The predicted octanol–water partition coefficient (Wildman–Crippen LogP) is 2.92. The van der Waals surface area contributed by atoms with Gasteiger partial charge < -0.3 is 5.11 Å². The third-order valence-electron chi connectivity index (χ3n) is 3.07. The molecule has 0 unspecified atom stereocenters. The smallest absolute Gasteiger partial charge is 0.358 e. The van der Waals surface area contributed by atoms with Gasteiger partial charge in [-0.25, -0.2) is 4.79 Å². The zero-order valence-electron chi connectivity index (χ0n) is 11.1. The molecule has 1 heterocycles. The van der Waals surface area contributed by atoms with Gasteiger partial charge in [0.15, 0.2) is 5.69 Å². The summed E-state index contributed by atoms with van der Waals surface area (Å²) in [5, 5.41) is 18.6. The number of hydrogen-bond donors (Lipinski definition) is 1. The third kappa shape index (κ3) is 3.22. The van der Waals surface area contributed by atoms with Crippen LogP contribution in [0.1, 0.15) is 10.5 Å². The molecule has 0 spiro atoms. The first-order valence-electron chi connectivity index (χ1n) is 6.47. The quantitative estimate of drug-likeness (QED) is 0.734. The van der Waals surface area contributed by atoms with E-state index in [9.17, 15) is 4.79 Å². The van der Waals surface area contributed by atoms with E-state index >= 15 is 0 Å². The number of carboxylic acid groups (broad SMARTS) is 1. The van der Waals surface area contributed by atoms with Gasteiger partial charge in [0, 0.05) is 10.6 Å². The van der Waals surface area contributed by atoms with Gasteiger partial charge in [0.1, 0.15) is 0 Å². The monoisotopic (exact) mass is 299 g/mol. The van der Waals surface area contributed by atoms with Crippen LogP contribution in [0.5, 0.6) is 0 Å². The Kier molecular flexibility index (Phi) is 3.87. The lowest BCUT2D eigenvalue weighted by atomic mass is 10.1. The Bertz CT molecular complexity index is 785. The Hall–Kier alpha value is -2.34. The number of carboxylic acids is 1. The van der Waals surface area contributed by atoms with E-state index in [1.807, 2.05) is 12.1 Å². The highest BCUT2D eigenvalue weighted by Crippen LogP contribution is 2.23. The van der Waals surface area contributed by atoms with Crippen molar-refractivity contribution in [2.75, 3.05) is 5.75 Å². The van der Waals surface area contributed by atoms with E-state index < -0.39 is 5.97 Å². The second kappa shape index (κ2) is 5.97. The molecule has 3 rings (SSSR count). The molecule has 0 aliphatic rings. The summed E-state index contributed by atoms with van der Waals surface area (Å²) < 4.78 is 1.55. The molecule has 0 atom stereocenters. The minimum absolute atomic E-state index is 0.0225. The largest absolute Gasteiger partial charge is 0.476 e. The molecular weight excluding hydrogens is 286 g/mol. The number of fused-ring (bicyclic) bond motifs is 1. The van der Waals surface area contributed by atoms with Gasteiger partial charge in [0.05, 0.1) is 12.7 Å². The Balaban J connectivity index is 1.62. The summed E-state index contributed by atoms with van der Waals surface area (Å²) in [7, 11) is 0. The van der Waals surface area contributed by atoms with Crippen molar-refractivity contribution in [3.05, 3.63) is 54.4 Å². The first kappa shape index (κ1) is 13.6. The zero-order chi connectivity index (χ0) is 14.7. The maximum atomic E-state index is 10.7. The zero-order valence-corrected chi connectivity index (χ0v) is 12.0. The van der Waals surface area contributed by atoms with Gasteiger partial charge in [0.25, 0.3) is 0 Å². The number of benzene rings is 2. The summed E-state index contributed by atoms with van der Waals surface area (Å²) in [5.41, 5.74) is -0.0225. The molecule has 0 saturated heterocycles. The van der Waals surface area contributed by atoms with E-state index in [4.69, 9.17) is 5.11 Å². The molecule has 21 heavy (non-hydrogen) atoms. The molecule has 5 nitrogen and oxygen atoms in total. The molecule has 0 saturated carbocycles. The molecule has 1 N–H and O–H groups in total. The molecule has 106 valence electrons. The summed E-state index contributed by atoms with van der Waals surface area (Å²) in [6.45, 7) is 0.623. The number of hydrogen-bond acceptors (Lipinski definition) is 4. The Morgan fingerprint density at radius 2 is 2.00 bits per heavy atom. The first-order chi connectivity index (χ1) is 10.2. The Labute approximate surface area is 125 Å². The van der Waals surface area contributed by atoms with Crippen LogP contribution in [0.25, 0.3) is 10.8 Å². The topological polar surface area (TPSA) is 68.0 Å². The van der Waals surface area contributed by atoms with Crippen LogP contribution < -0.4 is 0 Å². The van der Waals surface area contributed by atoms with Crippen LogP contribution in [-0.2, 0) is 6.54 Å². The lowest BCUT2D eigenvalue weighted by molar-refractivity contribution is 0.0690. The van der Waals surface area contributed by atoms with Crippen LogP contribution in [0.4, 0.5) is 0 Å². The van der Waals surface area contributed by atoms with Crippen LogP contribution in [0.2, 0.25) is 0 Å². The first-order valence-corrected chi connectivity index (χ1v) is 7.46. The van der Waals surface area contributed by atoms with Gasteiger partial charge in [-0.1, -0.05) is 35.5 Å². The molecule has 2 aromatic carbocycles. The lowest BCUT2D eigenvalue weighted by Crippen LogP contribution is -2.01. The summed E-state index contributed by atoms with van der Waals surface area (Å²) in [5.74, 6) is -0.246. The second-order valence-electron chi connectivity index (χ2n) is 4.53. The minimum atomic E-state index is -1.05. The third-order valence-corrected chi connectivity index (χ3v) is 4.04. The molecule has 0 aliphatic carbocycles. The van der Waals surface area contributed by atoms with Crippen LogP contribution >= 0.6 is 11.8 Å². The van der Waals surface area contributed by atoms with Gasteiger partial charge in [-0.3, -0.25) is 4.68 Å². The minimum Gasteiger partial charge on any atom is -0.476 e. The van der Waals surface area contributed by atoms with Crippen LogP contribution in [0, 0.1) is 0 Å². The summed E-state index contributed by atoms with van der Waals surface area (Å²) >= 11 is 1.71. The van der Waals surface area contributed by atoms with Gasteiger partial charge in [-0.15, -0.1) is 16.9 Å². The van der Waals surface area contributed by atoms with E-state index in [2.05, 4.69) is 40.6 Å². The normalized spacial score (nSPS) is 10.9. The fourth-order valence-electron chi connectivity index (χ4n) is 2.02. The molecular formula is C15H13N3O2S. The number of aromatic carboxylic acids is 1. The van der Waals surface area contributed by atoms with Crippen molar-refractivity contribution < 1.29 is 9.90 Å². The molecule has 6 heteroatoms. The molecule has 3 aromatic rings. The molecule has 0 bridgehead atoms. The van der Waals surface area contributed by atoms with Gasteiger partial charge in [-0.2, -0.15) is 0 Å². The van der Waals surface area contributed by atoms with Crippen molar-refractivity contribution in [1.82, 2.24) is 15.0 Å². The van der Waals surface area contributed by atoms with E-state index in [1.165, 1.54) is 21.9 Å². The molecule has 1 aromatic heterocycles. The number of aromatic nitrogens is 3. The van der Waals surface area contributed by atoms with E-state index in [-0.39, 0.29) is 5.69 Å². The van der Waals surface area contributed by atoms with Gasteiger partial charge in [0.2, 0.25) is 0 Å². The van der Waals surface area contributed by atoms with Gasteiger partial charge in [-0.05, 0) is 22.9 Å². The predicted molar refractivity (Wildman–Crippen MR) is 81.7 cm³/mol. The Morgan fingerprint density at radius 3 is 2.76 bits per heavy atom. The number of aryl methyl sites for hydroxylation is 1. The summed E-state index contributed by atoms with van der Waals surface area (Å²) in [6.07, 6.45) is 1.45. The number of thioether (sulfide) groups is 1. The van der Waals surface area contributed by atoms with Crippen molar-refractivity contribution in [3.8, 4) is 0 Å². The fourth-order valence-corrected chi connectivity index (χ4v) is 2.91. The van der Waals surface area contributed by atoms with Crippen molar-refractivity contribution in [2.45, 2.75) is 11.4 Å². The lowest BCUT2D eigenvalue weighted by Gasteiger charge is -2.03. The van der Waals surface area contributed by atoms with Crippen molar-refractivity contribution >= 4 is 28.5 Å². The second-order valence-corrected chi connectivity index (χ2v) is 5.70. The number of rotatable bonds is 5. The highest BCUT2D eigenvalue weighted by molar-refractivity contribution is 7.99. The van der Waals surface area contributed by atoms with Crippen LogP contribution in [-0.4, -0.2) is 31.8 Å². The van der Waals surface area contributed by atoms with Crippen molar-refractivity contribution in [3.63, 3.8) is 0 Å². The highest BCUT2D eigenvalue weighted by atomic mass is 32.2. The van der Waals surface area contributed by atoms with Crippen LogP contribution in [0.15, 0.2) is 53.6 Å². The number of carbonyl (C=O) groups is 1. The summed E-state index contributed by atoms with van der Waals surface area (Å²) in [4.78, 5) is 11.9. The SMILES string of the molecule is O=C(O)c1cn(CCSc2ccc3ccccc3c2)nn1. The average Bonchev–Trinajstić information content (AvgIpc) is 2.96. The Morgan fingerprint density at radius 1 is 1.19 bits per heavy atom. The molecule has 0 fully saturated rings. The maximum Gasteiger partial charge on any atom is 0.358 e. The molecule has 0 aliphatic heterocycles. The molecule has 0 amide bonds. The summed E-state index contributed by atoms with van der Waals surface area (Å²) in [6, 6.07) is 14.6. The average molecular weight is 299 g/mol. The number of nitrogens with zero attached hydrogens (tertiary/aromatic N) is 3. The maximum absolute atomic E-state index is 10.7. The fraction of sp³-hybridized carbons (Fsp3) is 0.133. The van der Waals surface area contributed by atoms with Crippen LogP contribution in [0.3, 0.4) is 0 Å². The van der Waals surface area contributed by atoms with E-state index in [0.29, 0.717) is 6.54 Å². The van der Waals surface area contributed by atoms with Gasteiger partial charge >= 0.3 is 5.97 Å².